The highest BCUT2D eigenvalue weighted by molar-refractivity contribution is 6.22. The third kappa shape index (κ3) is 3.29. The van der Waals surface area contributed by atoms with Crippen molar-refractivity contribution in [3.8, 4) is 0 Å². The number of allylic oxidation sites excluding steroid dienone is 5. The fourth-order valence-corrected chi connectivity index (χ4v) is 4.29. The molecule has 0 radical (unpaired) electrons. The van der Waals surface area contributed by atoms with E-state index >= 15 is 0 Å². The van der Waals surface area contributed by atoms with Gasteiger partial charge in [-0.3, -0.25) is 9.59 Å². The minimum Gasteiger partial charge on any atom is -0.492 e. The van der Waals surface area contributed by atoms with Gasteiger partial charge >= 0.3 is 0 Å². The number of methoxy groups -OCH3 is 1. The molecule has 140 valence electrons. The molecule has 1 heterocycles. The van der Waals surface area contributed by atoms with E-state index in [1.54, 1.807) is 6.08 Å². The van der Waals surface area contributed by atoms with Crippen LogP contribution in [-0.2, 0) is 19.1 Å². The van der Waals surface area contributed by atoms with Crippen LogP contribution >= 0.6 is 0 Å². The summed E-state index contributed by atoms with van der Waals surface area (Å²) in [5.41, 5.74) is 2.91. The Morgan fingerprint density at radius 2 is 1.96 bits per heavy atom. The quantitative estimate of drug-likeness (QED) is 0.547. The van der Waals surface area contributed by atoms with E-state index in [-0.39, 0.29) is 28.5 Å². The van der Waals surface area contributed by atoms with Crippen LogP contribution in [0.2, 0.25) is 0 Å². The molecule has 0 amide bonds. The molecule has 0 aromatic rings. The Bertz CT molecular complexity index is 776. The van der Waals surface area contributed by atoms with Crippen LogP contribution in [0.25, 0.3) is 0 Å². The van der Waals surface area contributed by atoms with Gasteiger partial charge in [0.05, 0.1) is 12.7 Å². The van der Waals surface area contributed by atoms with E-state index in [1.165, 1.54) is 43.6 Å². The maximum atomic E-state index is 12.4. The minimum absolute atomic E-state index is 0.0651. The van der Waals surface area contributed by atoms with Crippen molar-refractivity contribution in [3.63, 3.8) is 0 Å². The molecular formula is C22H28O4. The number of ketones is 2. The fraction of sp³-hybridized carbons (Fsp3) is 0.545. The van der Waals surface area contributed by atoms with Crippen LogP contribution < -0.4 is 0 Å². The topological polar surface area (TPSA) is 52.6 Å². The van der Waals surface area contributed by atoms with Gasteiger partial charge in [0.15, 0.2) is 11.5 Å². The highest BCUT2D eigenvalue weighted by Gasteiger charge is 2.38. The molecule has 0 fully saturated rings. The predicted molar refractivity (Wildman–Crippen MR) is 100 cm³/mol. The largest absolute Gasteiger partial charge is 0.492 e. The molecule has 0 aromatic carbocycles. The molecule has 1 unspecified atom stereocenters. The number of rotatable bonds is 4. The van der Waals surface area contributed by atoms with Gasteiger partial charge in [-0.15, -0.1) is 0 Å². The minimum atomic E-state index is -0.589. The fourth-order valence-electron chi connectivity index (χ4n) is 4.29. The van der Waals surface area contributed by atoms with E-state index in [0.717, 1.165) is 12.8 Å². The number of hydrogen-bond acceptors (Lipinski definition) is 4. The maximum Gasteiger partial charge on any atom is 0.231 e. The summed E-state index contributed by atoms with van der Waals surface area (Å²) in [6.45, 7) is 8.83. The summed E-state index contributed by atoms with van der Waals surface area (Å²) in [6, 6.07) is 0. The summed E-state index contributed by atoms with van der Waals surface area (Å²) < 4.78 is 11.0. The molecule has 4 nitrogen and oxygen atoms in total. The number of carbonyl (C=O) groups excluding carboxylic acids is 2. The molecule has 3 aliphatic rings. The Morgan fingerprint density at radius 3 is 2.62 bits per heavy atom. The van der Waals surface area contributed by atoms with Gasteiger partial charge < -0.3 is 9.47 Å². The Kier molecular flexibility index (Phi) is 4.72. The van der Waals surface area contributed by atoms with E-state index in [1.807, 2.05) is 13.0 Å². The van der Waals surface area contributed by atoms with E-state index in [0.29, 0.717) is 5.57 Å². The molecule has 26 heavy (non-hydrogen) atoms. The van der Waals surface area contributed by atoms with Crippen molar-refractivity contribution in [1.29, 1.82) is 0 Å². The number of Topliss-reactive ketones (excluding diaryl/α,β-unsaturated/α-hetero) is 1. The second kappa shape index (κ2) is 6.57. The average Bonchev–Trinajstić information content (AvgIpc) is 2.57. The van der Waals surface area contributed by atoms with Crippen LogP contribution in [0.15, 0.2) is 46.5 Å². The first-order valence-electron chi connectivity index (χ1n) is 9.33. The van der Waals surface area contributed by atoms with Crippen molar-refractivity contribution in [1.82, 2.24) is 0 Å². The molecule has 0 saturated carbocycles. The van der Waals surface area contributed by atoms with Gasteiger partial charge in [-0.1, -0.05) is 25.0 Å². The van der Waals surface area contributed by atoms with Gasteiger partial charge in [0.2, 0.25) is 11.6 Å². The Hall–Kier alpha value is -2.10. The van der Waals surface area contributed by atoms with Gasteiger partial charge in [0, 0.05) is 6.08 Å². The van der Waals surface area contributed by atoms with Crippen LogP contribution in [0.3, 0.4) is 0 Å². The Morgan fingerprint density at radius 1 is 1.23 bits per heavy atom. The van der Waals surface area contributed by atoms with Crippen LogP contribution in [-0.4, -0.2) is 24.3 Å². The highest BCUT2D eigenvalue weighted by atomic mass is 16.5. The molecule has 0 aromatic heterocycles. The lowest BCUT2D eigenvalue weighted by molar-refractivity contribution is -0.122. The second-order valence-corrected chi connectivity index (χ2v) is 8.39. The molecule has 0 N–H and O–H groups in total. The van der Waals surface area contributed by atoms with E-state index in [2.05, 4.69) is 20.8 Å². The zero-order chi connectivity index (χ0) is 19.1. The van der Waals surface area contributed by atoms with Crippen LogP contribution in [0.4, 0.5) is 0 Å². The zero-order valence-corrected chi connectivity index (χ0v) is 16.4. The molecule has 2 aliphatic carbocycles. The summed E-state index contributed by atoms with van der Waals surface area (Å²) in [4.78, 5) is 24.7. The van der Waals surface area contributed by atoms with Crippen molar-refractivity contribution in [3.05, 3.63) is 46.5 Å². The SMILES string of the molecule is COC1=CC(=O)C2=C(C=CC(C)(CCC3=C(C)CCCC3(C)C)O2)C1=O. The van der Waals surface area contributed by atoms with Gasteiger partial charge in [-0.2, -0.15) is 0 Å². The van der Waals surface area contributed by atoms with Crippen LogP contribution in [0.1, 0.15) is 59.8 Å². The summed E-state index contributed by atoms with van der Waals surface area (Å²) in [5.74, 6) is -0.391. The molecular weight excluding hydrogens is 328 g/mol. The lowest BCUT2D eigenvalue weighted by Crippen LogP contribution is -2.35. The summed E-state index contributed by atoms with van der Waals surface area (Å²) >= 11 is 0. The third-order valence-electron chi connectivity index (χ3n) is 5.91. The molecule has 0 bridgehead atoms. The number of ether oxygens (including phenoxy) is 2. The van der Waals surface area contributed by atoms with Crippen LogP contribution in [0.5, 0.6) is 0 Å². The molecule has 1 atom stereocenters. The van der Waals surface area contributed by atoms with Gasteiger partial charge in [-0.05, 0) is 63.5 Å². The molecule has 0 saturated heterocycles. The first kappa shape index (κ1) is 18.7. The summed E-state index contributed by atoms with van der Waals surface area (Å²) in [5, 5.41) is 0. The summed E-state index contributed by atoms with van der Waals surface area (Å²) in [6.07, 6.45) is 10.2. The molecule has 1 aliphatic heterocycles. The lowest BCUT2D eigenvalue weighted by atomic mass is 9.70. The maximum absolute atomic E-state index is 12.4. The van der Waals surface area contributed by atoms with Crippen molar-refractivity contribution < 1.29 is 19.1 Å². The zero-order valence-electron chi connectivity index (χ0n) is 16.4. The second-order valence-electron chi connectivity index (χ2n) is 8.39. The van der Waals surface area contributed by atoms with E-state index in [4.69, 9.17) is 9.47 Å². The Balaban J connectivity index is 1.77. The van der Waals surface area contributed by atoms with Crippen molar-refractivity contribution in [2.45, 2.75) is 65.4 Å². The van der Waals surface area contributed by atoms with Gasteiger partial charge in [-0.25, -0.2) is 0 Å². The van der Waals surface area contributed by atoms with E-state index in [9.17, 15) is 9.59 Å². The number of carbonyl (C=O) groups is 2. The van der Waals surface area contributed by atoms with Gasteiger partial charge in [0.1, 0.15) is 5.60 Å². The smallest absolute Gasteiger partial charge is 0.231 e. The molecule has 3 rings (SSSR count). The predicted octanol–water partition coefficient (Wildman–Crippen LogP) is 4.57. The first-order valence-corrected chi connectivity index (χ1v) is 9.33. The third-order valence-corrected chi connectivity index (χ3v) is 5.91. The first-order chi connectivity index (χ1) is 12.2. The number of hydrogen-bond donors (Lipinski definition) is 0. The molecule has 4 heteroatoms. The summed E-state index contributed by atoms with van der Waals surface area (Å²) in [7, 11) is 1.39. The van der Waals surface area contributed by atoms with Gasteiger partial charge in [0.25, 0.3) is 0 Å². The Labute approximate surface area is 155 Å². The van der Waals surface area contributed by atoms with Crippen molar-refractivity contribution in [2.75, 3.05) is 7.11 Å². The lowest BCUT2D eigenvalue weighted by Gasteiger charge is -2.38. The average molecular weight is 356 g/mol. The standard InChI is InChI=1S/C22H28O4/c1-14-7-6-10-21(2,3)16(14)9-12-22(4)11-8-15-19(24)18(25-5)13-17(23)20(15)26-22/h8,11,13H,6-7,9-10,12H2,1-5H3. The molecule has 0 spiro atoms. The van der Waals surface area contributed by atoms with Crippen molar-refractivity contribution in [2.24, 2.45) is 5.41 Å². The highest BCUT2D eigenvalue weighted by Crippen LogP contribution is 2.44. The van der Waals surface area contributed by atoms with Crippen LogP contribution in [0, 0.1) is 5.41 Å². The van der Waals surface area contributed by atoms with E-state index < -0.39 is 5.60 Å². The normalized spacial score (nSPS) is 28.0. The monoisotopic (exact) mass is 356 g/mol. The van der Waals surface area contributed by atoms with Crippen molar-refractivity contribution >= 4 is 11.6 Å².